The van der Waals surface area contributed by atoms with Crippen LogP contribution >= 0.6 is 23.2 Å². The average molecular weight is 274 g/mol. The second-order valence-corrected chi connectivity index (χ2v) is 5.06. The van der Waals surface area contributed by atoms with Crippen LogP contribution in [-0.2, 0) is 16.0 Å². The van der Waals surface area contributed by atoms with Crippen molar-refractivity contribution in [3.63, 3.8) is 0 Å². The van der Waals surface area contributed by atoms with Crippen LogP contribution in [0.4, 0.5) is 0 Å². The molecule has 1 aliphatic rings. The van der Waals surface area contributed by atoms with E-state index in [1.165, 1.54) is 0 Å². The Hall–Kier alpha value is -0.610. The fourth-order valence-electron chi connectivity index (χ4n) is 1.83. The van der Waals surface area contributed by atoms with Gasteiger partial charge in [-0.1, -0.05) is 35.3 Å². The van der Waals surface area contributed by atoms with Gasteiger partial charge in [0.2, 0.25) is 0 Å². The van der Waals surface area contributed by atoms with Gasteiger partial charge in [-0.25, -0.2) is 0 Å². The Kier molecular flexibility index (Phi) is 3.73. The molecule has 0 aromatic heterocycles. The van der Waals surface area contributed by atoms with Gasteiger partial charge >= 0.3 is 0 Å². The Morgan fingerprint density at radius 1 is 1.47 bits per heavy atom. The van der Waals surface area contributed by atoms with Crippen LogP contribution in [0.5, 0.6) is 0 Å². The number of benzene rings is 1. The molecule has 3 nitrogen and oxygen atoms in total. The minimum Gasteiger partial charge on any atom is -0.379 e. The Morgan fingerprint density at radius 2 is 2.24 bits per heavy atom. The maximum Gasteiger partial charge on any atom is 0.159 e. The minimum absolute atomic E-state index is 0.0563. The number of carbonyl (C=O) groups is 1. The van der Waals surface area contributed by atoms with Gasteiger partial charge in [0.05, 0.1) is 16.7 Å². The quantitative estimate of drug-likeness (QED) is 0.919. The molecule has 0 amide bonds. The van der Waals surface area contributed by atoms with Crippen LogP contribution in [0.3, 0.4) is 0 Å². The molecule has 2 rings (SSSR count). The largest absolute Gasteiger partial charge is 0.379 e. The normalized spacial score (nSPS) is 23.9. The van der Waals surface area contributed by atoms with Crippen LogP contribution in [-0.4, -0.2) is 24.5 Å². The van der Waals surface area contributed by atoms with E-state index in [0.29, 0.717) is 28.6 Å². The molecule has 1 atom stereocenters. The smallest absolute Gasteiger partial charge is 0.159 e. The Balaban J connectivity index is 2.16. The van der Waals surface area contributed by atoms with E-state index in [-0.39, 0.29) is 18.8 Å². The molecular formula is C12H13Cl2NO2. The second-order valence-electron chi connectivity index (χ2n) is 4.27. The number of Topliss-reactive ketones (excluding diaryl/α,β-unsaturated/α-hetero) is 1. The first kappa shape index (κ1) is 12.8. The fourth-order valence-corrected chi connectivity index (χ4v) is 2.22. The SMILES string of the molecule is NC1(C(=O)Cc2cccc(Cl)c2Cl)CCOC1. The van der Waals surface area contributed by atoms with Crippen molar-refractivity contribution in [1.82, 2.24) is 0 Å². The predicted molar refractivity (Wildman–Crippen MR) is 67.5 cm³/mol. The summed E-state index contributed by atoms with van der Waals surface area (Å²) in [5.74, 6) is -0.0563. The standard InChI is InChI=1S/C12H13Cl2NO2/c13-9-3-1-2-8(11(9)14)6-10(16)12(15)4-5-17-7-12/h1-3H,4-7,15H2. The lowest BCUT2D eigenvalue weighted by atomic mass is 9.90. The van der Waals surface area contributed by atoms with Crippen molar-refractivity contribution in [1.29, 1.82) is 0 Å². The molecule has 1 heterocycles. The molecule has 1 aromatic carbocycles. The van der Waals surface area contributed by atoms with Crippen LogP contribution in [0.15, 0.2) is 18.2 Å². The van der Waals surface area contributed by atoms with E-state index in [1.54, 1.807) is 18.2 Å². The third-order valence-electron chi connectivity index (χ3n) is 2.99. The summed E-state index contributed by atoms with van der Waals surface area (Å²) < 4.78 is 5.17. The van der Waals surface area contributed by atoms with Crippen LogP contribution in [0.25, 0.3) is 0 Å². The summed E-state index contributed by atoms with van der Waals surface area (Å²) >= 11 is 11.9. The molecule has 1 fully saturated rings. The Labute approximate surface area is 110 Å². The second kappa shape index (κ2) is 4.94. The van der Waals surface area contributed by atoms with E-state index in [1.807, 2.05) is 0 Å². The number of hydrogen-bond acceptors (Lipinski definition) is 3. The van der Waals surface area contributed by atoms with Crippen molar-refractivity contribution in [3.05, 3.63) is 33.8 Å². The number of ether oxygens (including phenoxy) is 1. The van der Waals surface area contributed by atoms with Gasteiger partial charge in [-0.3, -0.25) is 4.79 Å². The Bertz CT molecular complexity index is 442. The first-order chi connectivity index (χ1) is 8.03. The van der Waals surface area contributed by atoms with Crippen LogP contribution < -0.4 is 5.73 Å². The molecule has 1 unspecified atom stereocenters. The van der Waals surface area contributed by atoms with Gasteiger partial charge in [0, 0.05) is 13.0 Å². The molecular weight excluding hydrogens is 261 g/mol. The highest BCUT2D eigenvalue weighted by Gasteiger charge is 2.37. The van der Waals surface area contributed by atoms with Crippen LogP contribution in [0.2, 0.25) is 10.0 Å². The van der Waals surface area contributed by atoms with E-state index in [9.17, 15) is 4.79 Å². The third kappa shape index (κ3) is 2.63. The summed E-state index contributed by atoms with van der Waals surface area (Å²) in [6.07, 6.45) is 0.753. The van der Waals surface area contributed by atoms with Crippen molar-refractivity contribution in [3.8, 4) is 0 Å². The molecule has 92 valence electrons. The molecule has 0 saturated carbocycles. The topological polar surface area (TPSA) is 52.3 Å². The van der Waals surface area contributed by atoms with E-state index in [4.69, 9.17) is 33.7 Å². The average Bonchev–Trinajstić information content (AvgIpc) is 2.73. The lowest BCUT2D eigenvalue weighted by Gasteiger charge is -2.20. The van der Waals surface area contributed by atoms with Gasteiger partial charge < -0.3 is 10.5 Å². The number of ketones is 1. The van der Waals surface area contributed by atoms with Gasteiger partial charge in [0.1, 0.15) is 5.54 Å². The molecule has 0 aliphatic carbocycles. The molecule has 0 bridgehead atoms. The zero-order valence-electron chi connectivity index (χ0n) is 9.21. The maximum atomic E-state index is 12.1. The van der Waals surface area contributed by atoms with E-state index in [0.717, 1.165) is 0 Å². The van der Waals surface area contributed by atoms with Crippen molar-refractivity contribution in [2.24, 2.45) is 5.73 Å². The molecule has 1 aliphatic heterocycles. The van der Waals surface area contributed by atoms with E-state index >= 15 is 0 Å². The summed E-state index contributed by atoms with van der Waals surface area (Å²) in [7, 11) is 0. The highest BCUT2D eigenvalue weighted by atomic mass is 35.5. The fraction of sp³-hybridized carbons (Fsp3) is 0.417. The first-order valence-corrected chi connectivity index (χ1v) is 6.11. The van der Waals surface area contributed by atoms with Gasteiger partial charge in [0.15, 0.2) is 5.78 Å². The van der Waals surface area contributed by atoms with E-state index < -0.39 is 5.54 Å². The summed E-state index contributed by atoms with van der Waals surface area (Å²) in [4.78, 5) is 12.1. The lowest BCUT2D eigenvalue weighted by Crippen LogP contribution is -2.49. The Morgan fingerprint density at radius 3 is 2.88 bits per heavy atom. The van der Waals surface area contributed by atoms with Crippen LogP contribution in [0.1, 0.15) is 12.0 Å². The molecule has 2 N–H and O–H groups in total. The molecule has 17 heavy (non-hydrogen) atoms. The summed E-state index contributed by atoms with van der Waals surface area (Å²) in [6.45, 7) is 0.815. The zero-order valence-corrected chi connectivity index (χ0v) is 10.7. The number of halogens is 2. The zero-order chi connectivity index (χ0) is 12.5. The van der Waals surface area contributed by atoms with Gasteiger partial charge in [-0.05, 0) is 18.1 Å². The molecule has 0 spiro atoms. The molecule has 0 radical (unpaired) electrons. The maximum absolute atomic E-state index is 12.1. The van der Waals surface area contributed by atoms with Crippen molar-refractivity contribution in [2.75, 3.05) is 13.2 Å². The summed E-state index contributed by atoms with van der Waals surface area (Å²) in [5.41, 5.74) is 5.83. The summed E-state index contributed by atoms with van der Waals surface area (Å²) in [5, 5.41) is 0.871. The van der Waals surface area contributed by atoms with Gasteiger partial charge in [-0.15, -0.1) is 0 Å². The van der Waals surface area contributed by atoms with Crippen molar-refractivity contribution in [2.45, 2.75) is 18.4 Å². The van der Waals surface area contributed by atoms with E-state index in [2.05, 4.69) is 0 Å². The monoisotopic (exact) mass is 273 g/mol. The first-order valence-electron chi connectivity index (χ1n) is 5.36. The molecule has 5 heteroatoms. The molecule has 1 aromatic rings. The van der Waals surface area contributed by atoms with Gasteiger partial charge in [0.25, 0.3) is 0 Å². The molecule has 1 saturated heterocycles. The number of nitrogens with two attached hydrogens (primary N) is 1. The van der Waals surface area contributed by atoms with Crippen molar-refractivity contribution >= 4 is 29.0 Å². The highest BCUT2D eigenvalue weighted by Crippen LogP contribution is 2.27. The lowest BCUT2D eigenvalue weighted by molar-refractivity contribution is -0.123. The minimum atomic E-state index is -0.869. The number of hydrogen-bond donors (Lipinski definition) is 1. The summed E-state index contributed by atoms with van der Waals surface area (Å²) in [6, 6.07) is 5.24. The highest BCUT2D eigenvalue weighted by molar-refractivity contribution is 6.42. The third-order valence-corrected chi connectivity index (χ3v) is 3.85. The predicted octanol–water partition coefficient (Wildman–Crippen LogP) is 2.22. The van der Waals surface area contributed by atoms with Gasteiger partial charge in [-0.2, -0.15) is 0 Å². The van der Waals surface area contributed by atoms with Crippen LogP contribution in [0, 0.1) is 0 Å². The number of carbonyl (C=O) groups excluding carboxylic acids is 1. The van der Waals surface area contributed by atoms with Crippen molar-refractivity contribution < 1.29 is 9.53 Å². The number of rotatable bonds is 3.